The lowest BCUT2D eigenvalue weighted by Crippen LogP contribution is -2.43. The first-order chi connectivity index (χ1) is 9.19. The largest absolute Gasteiger partial charge is 0.494 e. The van der Waals surface area contributed by atoms with Crippen molar-refractivity contribution in [3.63, 3.8) is 0 Å². The molecule has 0 spiro atoms. The van der Waals surface area contributed by atoms with Crippen molar-refractivity contribution in [2.45, 2.75) is 45.7 Å². The molecule has 0 saturated carbocycles. The lowest BCUT2D eigenvalue weighted by atomic mass is 10.1. The first kappa shape index (κ1) is 14.2. The molecule has 0 aromatic heterocycles. The van der Waals surface area contributed by atoms with Gasteiger partial charge < -0.3 is 15.0 Å². The highest BCUT2D eigenvalue weighted by Crippen LogP contribution is 2.23. The third kappa shape index (κ3) is 4.13. The second kappa shape index (κ2) is 6.80. The normalized spacial score (nSPS) is 24.7. The highest BCUT2D eigenvalue weighted by molar-refractivity contribution is 5.50. The summed E-state index contributed by atoms with van der Waals surface area (Å²) in [6, 6.07) is 9.65. The van der Waals surface area contributed by atoms with Crippen LogP contribution in [0.15, 0.2) is 24.3 Å². The van der Waals surface area contributed by atoms with E-state index in [1.165, 1.54) is 18.5 Å². The van der Waals surface area contributed by atoms with E-state index in [2.05, 4.69) is 42.3 Å². The van der Waals surface area contributed by atoms with E-state index in [1.54, 1.807) is 0 Å². The van der Waals surface area contributed by atoms with Gasteiger partial charge in [-0.15, -0.1) is 0 Å². The molecule has 2 atom stereocenters. The van der Waals surface area contributed by atoms with Crippen LogP contribution in [0.4, 0.5) is 5.69 Å². The van der Waals surface area contributed by atoms with Gasteiger partial charge >= 0.3 is 0 Å². The lowest BCUT2D eigenvalue weighted by Gasteiger charge is -2.32. The van der Waals surface area contributed by atoms with E-state index in [4.69, 9.17) is 4.74 Å². The zero-order valence-corrected chi connectivity index (χ0v) is 12.4. The van der Waals surface area contributed by atoms with Crippen LogP contribution in [0.3, 0.4) is 0 Å². The van der Waals surface area contributed by atoms with Gasteiger partial charge in [0, 0.05) is 36.9 Å². The molecule has 1 heterocycles. The topological polar surface area (TPSA) is 24.5 Å². The van der Waals surface area contributed by atoms with Gasteiger partial charge in [-0.2, -0.15) is 0 Å². The molecule has 1 aromatic carbocycles. The van der Waals surface area contributed by atoms with Crippen LogP contribution >= 0.6 is 0 Å². The van der Waals surface area contributed by atoms with E-state index < -0.39 is 0 Å². The van der Waals surface area contributed by atoms with Crippen molar-refractivity contribution < 1.29 is 4.74 Å². The second-order valence-corrected chi connectivity index (χ2v) is 5.46. The Morgan fingerprint density at radius 1 is 1.21 bits per heavy atom. The molecule has 0 amide bonds. The number of ether oxygens (including phenoxy) is 1. The van der Waals surface area contributed by atoms with Crippen molar-refractivity contribution in [1.82, 2.24) is 5.32 Å². The number of anilines is 1. The van der Waals surface area contributed by atoms with E-state index in [0.717, 1.165) is 25.4 Å². The van der Waals surface area contributed by atoms with Crippen LogP contribution in [0.5, 0.6) is 5.75 Å². The molecule has 3 heteroatoms. The maximum absolute atomic E-state index is 5.60. The molecule has 2 unspecified atom stereocenters. The lowest BCUT2D eigenvalue weighted by molar-refractivity contribution is 0.340. The number of nitrogens with one attached hydrogen (secondary N) is 1. The van der Waals surface area contributed by atoms with Gasteiger partial charge in [0.2, 0.25) is 0 Å². The highest BCUT2D eigenvalue weighted by atomic mass is 16.5. The van der Waals surface area contributed by atoms with E-state index >= 15 is 0 Å². The maximum Gasteiger partial charge on any atom is 0.121 e. The Balaban J connectivity index is 2.08. The van der Waals surface area contributed by atoms with E-state index in [9.17, 15) is 0 Å². The summed E-state index contributed by atoms with van der Waals surface area (Å²) in [4.78, 5) is 2.48. The fourth-order valence-corrected chi connectivity index (χ4v) is 2.66. The van der Waals surface area contributed by atoms with Crippen molar-refractivity contribution in [2.75, 3.05) is 24.6 Å². The van der Waals surface area contributed by atoms with Crippen LogP contribution in [-0.2, 0) is 0 Å². The molecule has 1 fully saturated rings. The molecule has 1 aliphatic heterocycles. The molecule has 19 heavy (non-hydrogen) atoms. The monoisotopic (exact) mass is 262 g/mol. The minimum absolute atomic E-state index is 0.591. The predicted octanol–water partition coefficient (Wildman–Crippen LogP) is 3.05. The molecule has 0 aliphatic carbocycles. The van der Waals surface area contributed by atoms with Crippen LogP contribution in [0, 0.1) is 0 Å². The predicted molar refractivity (Wildman–Crippen MR) is 81.1 cm³/mol. The van der Waals surface area contributed by atoms with Crippen molar-refractivity contribution in [3.8, 4) is 5.75 Å². The fourth-order valence-electron chi connectivity index (χ4n) is 2.66. The fraction of sp³-hybridized carbons (Fsp3) is 0.625. The molecule has 1 aliphatic rings. The first-order valence-electron chi connectivity index (χ1n) is 7.43. The van der Waals surface area contributed by atoms with Crippen LogP contribution in [0.2, 0.25) is 0 Å². The van der Waals surface area contributed by atoms with Gasteiger partial charge in [-0.1, -0.05) is 6.07 Å². The minimum atomic E-state index is 0.591. The molecule has 3 nitrogen and oxygen atoms in total. The Morgan fingerprint density at radius 2 is 1.89 bits per heavy atom. The first-order valence-corrected chi connectivity index (χ1v) is 7.43. The number of benzene rings is 1. The van der Waals surface area contributed by atoms with Crippen LogP contribution in [-0.4, -0.2) is 31.8 Å². The zero-order valence-electron chi connectivity index (χ0n) is 12.4. The molecule has 0 radical (unpaired) electrons. The standard InChI is InChI=1S/C16H26N2O/c1-4-19-16-7-5-6-15(12-16)18-10-8-13(2)17-14(3)9-11-18/h5-7,12-14,17H,4,8-11H2,1-3H3. The summed E-state index contributed by atoms with van der Waals surface area (Å²) in [5, 5.41) is 3.63. The Kier molecular flexibility index (Phi) is 5.08. The van der Waals surface area contributed by atoms with Crippen molar-refractivity contribution >= 4 is 5.69 Å². The van der Waals surface area contributed by atoms with Crippen LogP contribution < -0.4 is 15.0 Å². The van der Waals surface area contributed by atoms with E-state index in [-0.39, 0.29) is 0 Å². The Morgan fingerprint density at radius 3 is 2.53 bits per heavy atom. The molecule has 0 bridgehead atoms. The smallest absolute Gasteiger partial charge is 0.121 e. The average molecular weight is 262 g/mol. The zero-order chi connectivity index (χ0) is 13.7. The van der Waals surface area contributed by atoms with Gasteiger partial charge in [0.1, 0.15) is 5.75 Å². The van der Waals surface area contributed by atoms with Gasteiger partial charge in [0.25, 0.3) is 0 Å². The van der Waals surface area contributed by atoms with Crippen molar-refractivity contribution in [3.05, 3.63) is 24.3 Å². The summed E-state index contributed by atoms with van der Waals surface area (Å²) in [6.07, 6.45) is 2.37. The number of rotatable bonds is 3. The molecule has 106 valence electrons. The number of nitrogens with zero attached hydrogens (tertiary/aromatic N) is 1. The summed E-state index contributed by atoms with van der Waals surface area (Å²) < 4.78 is 5.60. The number of hydrogen-bond donors (Lipinski definition) is 1. The summed E-state index contributed by atoms with van der Waals surface area (Å²) >= 11 is 0. The SMILES string of the molecule is CCOc1cccc(N2CCC(C)NC(C)CC2)c1. The van der Waals surface area contributed by atoms with Crippen molar-refractivity contribution in [2.24, 2.45) is 0 Å². The third-order valence-electron chi connectivity index (χ3n) is 3.73. The highest BCUT2D eigenvalue weighted by Gasteiger charge is 2.16. The van der Waals surface area contributed by atoms with Gasteiger partial charge in [-0.05, 0) is 45.7 Å². The second-order valence-electron chi connectivity index (χ2n) is 5.46. The summed E-state index contributed by atoms with van der Waals surface area (Å²) in [5.41, 5.74) is 1.28. The van der Waals surface area contributed by atoms with Gasteiger partial charge in [-0.25, -0.2) is 0 Å². The Labute approximate surface area is 116 Å². The van der Waals surface area contributed by atoms with Gasteiger partial charge in [-0.3, -0.25) is 0 Å². The quantitative estimate of drug-likeness (QED) is 0.906. The van der Waals surface area contributed by atoms with Crippen LogP contribution in [0.1, 0.15) is 33.6 Å². The molecule has 1 aromatic rings. The number of hydrogen-bond acceptors (Lipinski definition) is 3. The van der Waals surface area contributed by atoms with E-state index in [1.807, 2.05) is 13.0 Å². The molecular weight excluding hydrogens is 236 g/mol. The summed E-state index contributed by atoms with van der Waals surface area (Å²) in [7, 11) is 0. The average Bonchev–Trinajstić information content (AvgIpc) is 2.37. The molecule has 1 N–H and O–H groups in total. The third-order valence-corrected chi connectivity index (χ3v) is 3.73. The van der Waals surface area contributed by atoms with E-state index in [0.29, 0.717) is 12.1 Å². The minimum Gasteiger partial charge on any atom is -0.494 e. The van der Waals surface area contributed by atoms with Gasteiger partial charge in [0.05, 0.1) is 6.61 Å². The summed E-state index contributed by atoms with van der Waals surface area (Å²) in [6.45, 7) is 9.51. The molecule has 2 rings (SSSR count). The molecule has 1 saturated heterocycles. The Hall–Kier alpha value is -1.22. The Bertz CT molecular complexity index is 382. The van der Waals surface area contributed by atoms with Crippen LogP contribution in [0.25, 0.3) is 0 Å². The van der Waals surface area contributed by atoms with Crippen molar-refractivity contribution in [1.29, 1.82) is 0 Å². The maximum atomic E-state index is 5.60. The van der Waals surface area contributed by atoms with Gasteiger partial charge in [0.15, 0.2) is 0 Å². The molecular formula is C16H26N2O. The summed E-state index contributed by atoms with van der Waals surface area (Å²) in [5.74, 6) is 0.973.